The summed E-state index contributed by atoms with van der Waals surface area (Å²) in [4.78, 5) is 12.9. The van der Waals surface area contributed by atoms with Crippen molar-refractivity contribution in [3.63, 3.8) is 0 Å². The Morgan fingerprint density at radius 3 is 1.65 bits per heavy atom. The summed E-state index contributed by atoms with van der Waals surface area (Å²) in [6.07, 6.45) is 1.17. The van der Waals surface area contributed by atoms with Gasteiger partial charge in [-0.25, -0.2) is 0 Å². The zero-order valence-electron chi connectivity index (χ0n) is 13.5. The lowest BCUT2D eigenvalue weighted by Gasteiger charge is -2.17. The third-order valence-corrected chi connectivity index (χ3v) is 2.08. The third kappa shape index (κ3) is 22.5. The van der Waals surface area contributed by atoms with Crippen molar-refractivity contribution in [2.75, 3.05) is 33.4 Å². The number of carbonyl (C=O) groups excluding carboxylic acids is 1. The lowest BCUT2D eigenvalue weighted by Crippen LogP contribution is -2.30. The number of hydrogen-bond donors (Lipinski definition) is 4. The number of hydrogen-bond acceptors (Lipinski definition) is 5. The molecule has 0 aromatic rings. The fourth-order valence-corrected chi connectivity index (χ4v) is 1.07. The van der Waals surface area contributed by atoms with E-state index in [0.717, 1.165) is 13.0 Å². The quantitative estimate of drug-likeness (QED) is 0.562. The van der Waals surface area contributed by atoms with Crippen LogP contribution in [0.1, 0.15) is 40.5 Å². The second-order valence-corrected chi connectivity index (χ2v) is 4.72. The van der Waals surface area contributed by atoms with Crippen molar-refractivity contribution < 1.29 is 25.2 Å². The highest BCUT2D eigenvalue weighted by atomic mass is 16.3. The van der Waals surface area contributed by atoms with E-state index in [9.17, 15) is 4.79 Å². The minimum atomic E-state index is -0.352. The first-order valence-electron chi connectivity index (χ1n) is 7.03. The monoisotopic (exact) mass is 295 g/mol. The molecule has 1 amide bonds. The largest absolute Gasteiger partial charge is 0.396 e. The second kappa shape index (κ2) is 18.3. The average Bonchev–Trinajstić information content (AvgIpc) is 2.38. The zero-order valence-corrected chi connectivity index (χ0v) is 13.5. The van der Waals surface area contributed by atoms with Crippen molar-refractivity contribution in [2.24, 2.45) is 5.92 Å². The van der Waals surface area contributed by atoms with Gasteiger partial charge in [-0.2, -0.15) is 0 Å². The molecule has 0 fully saturated rings. The number of amides is 1. The molecule has 0 radical (unpaired) electrons. The smallest absolute Gasteiger partial charge is 0.224 e. The standard InChI is InChI=1S/C8H17NO.C4H10O2.C2H6O2/c1-5-6-9(4)8(10)7(2)3;1-4(6)2-3-5;3-1-2-4/h7H,5-6H2,1-4H3;4-6H,2-3H2,1H3;3-4H,1-2H2. The molecule has 1 unspecified atom stereocenters. The molecule has 0 aromatic carbocycles. The Bertz CT molecular complexity index is 196. The highest BCUT2D eigenvalue weighted by molar-refractivity contribution is 5.77. The van der Waals surface area contributed by atoms with Crippen LogP contribution in [0.3, 0.4) is 0 Å². The fraction of sp³-hybridized carbons (Fsp3) is 0.929. The van der Waals surface area contributed by atoms with Crippen molar-refractivity contribution in [1.29, 1.82) is 0 Å². The van der Waals surface area contributed by atoms with E-state index >= 15 is 0 Å². The van der Waals surface area contributed by atoms with Crippen LogP contribution in [-0.2, 0) is 4.79 Å². The van der Waals surface area contributed by atoms with Gasteiger partial charge in [0.15, 0.2) is 0 Å². The summed E-state index contributed by atoms with van der Waals surface area (Å²) in [7, 11) is 1.85. The molecule has 0 saturated carbocycles. The summed E-state index contributed by atoms with van der Waals surface area (Å²) >= 11 is 0. The molecule has 1 atom stereocenters. The molecule has 0 saturated heterocycles. The summed E-state index contributed by atoms with van der Waals surface area (Å²) in [5, 5.41) is 31.7. The molecule has 124 valence electrons. The summed E-state index contributed by atoms with van der Waals surface area (Å²) in [5.74, 6) is 0.374. The van der Waals surface area contributed by atoms with Crippen LogP contribution in [0.15, 0.2) is 0 Å². The van der Waals surface area contributed by atoms with Crippen LogP contribution in [0.2, 0.25) is 0 Å². The summed E-state index contributed by atoms with van der Waals surface area (Å²) in [5.41, 5.74) is 0. The molecular formula is C14H33NO5. The minimum Gasteiger partial charge on any atom is -0.396 e. The molecule has 0 bridgehead atoms. The molecule has 0 heterocycles. The van der Waals surface area contributed by atoms with Gasteiger partial charge >= 0.3 is 0 Å². The van der Waals surface area contributed by atoms with E-state index in [1.165, 1.54) is 0 Å². The van der Waals surface area contributed by atoms with Crippen molar-refractivity contribution in [3.8, 4) is 0 Å². The van der Waals surface area contributed by atoms with Gasteiger partial charge in [0.25, 0.3) is 0 Å². The normalized spacial score (nSPS) is 10.9. The lowest BCUT2D eigenvalue weighted by molar-refractivity contribution is -0.133. The highest BCUT2D eigenvalue weighted by Gasteiger charge is 2.10. The number of carbonyl (C=O) groups is 1. The fourth-order valence-electron chi connectivity index (χ4n) is 1.07. The molecule has 0 aromatic heterocycles. The molecule has 6 nitrogen and oxygen atoms in total. The molecule has 0 aliphatic heterocycles. The van der Waals surface area contributed by atoms with Gasteiger partial charge in [0.05, 0.1) is 19.3 Å². The van der Waals surface area contributed by atoms with Gasteiger partial charge in [-0.3, -0.25) is 4.79 Å². The van der Waals surface area contributed by atoms with Crippen molar-refractivity contribution >= 4 is 5.91 Å². The number of rotatable bonds is 6. The Labute approximate surface area is 123 Å². The molecule has 0 aliphatic rings. The van der Waals surface area contributed by atoms with Gasteiger partial charge in [0, 0.05) is 26.1 Å². The maximum absolute atomic E-state index is 11.2. The first-order valence-corrected chi connectivity index (χ1v) is 7.03. The number of aliphatic hydroxyl groups is 4. The van der Waals surface area contributed by atoms with E-state index in [4.69, 9.17) is 20.4 Å². The van der Waals surface area contributed by atoms with E-state index in [1.54, 1.807) is 11.8 Å². The van der Waals surface area contributed by atoms with Crippen LogP contribution in [0.4, 0.5) is 0 Å². The summed E-state index contributed by atoms with van der Waals surface area (Å²) in [6.45, 7) is 8.28. The number of aliphatic hydroxyl groups excluding tert-OH is 4. The molecule has 6 heteroatoms. The Kier molecular flexibility index (Phi) is 22.3. The van der Waals surface area contributed by atoms with E-state index in [0.29, 0.717) is 6.42 Å². The topological polar surface area (TPSA) is 101 Å². The van der Waals surface area contributed by atoms with E-state index in [2.05, 4.69) is 6.92 Å². The summed E-state index contributed by atoms with van der Waals surface area (Å²) < 4.78 is 0. The van der Waals surface area contributed by atoms with Crippen LogP contribution in [0.25, 0.3) is 0 Å². The van der Waals surface area contributed by atoms with Crippen molar-refractivity contribution in [2.45, 2.75) is 46.6 Å². The first kappa shape index (κ1) is 24.3. The van der Waals surface area contributed by atoms with E-state index in [-0.39, 0.29) is 37.7 Å². The zero-order chi connectivity index (χ0) is 16.6. The van der Waals surface area contributed by atoms with Gasteiger partial charge in [0.2, 0.25) is 5.91 Å². The second-order valence-electron chi connectivity index (χ2n) is 4.72. The molecule has 0 spiro atoms. The average molecular weight is 295 g/mol. The summed E-state index contributed by atoms with van der Waals surface area (Å²) in [6, 6.07) is 0. The van der Waals surface area contributed by atoms with Crippen LogP contribution in [0, 0.1) is 5.92 Å². The molecule has 0 rings (SSSR count). The Balaban J connectivity index is -0.000000246. The van der Waals surface area contributed by atoms with Crippen LogP contribution < -0.4 is 0 Å². The van der Waals surface area contributed by atoms with Crippen molar-refractivity contribution in [1.82, 2.24) is 4.90 Å². The predicted molar refractivity (Wildman–Crippen MR) is 80.3 cm³/mol. The maximum Gasteiger partial charge on any atom is 0.224 e. The third-order valence-electron chi connectivity index (χ3n) is 2.08. The number of nitrogens with zero attached hydrogens (tertiary/aromatic N) is 1. The lowest BCUT2D eigenvalue weighted by atomic mass is 10.2. The Morgan fingerprint density at radius 2 is 1.50 bits per heavy atom. The van der Waals surface area contributed by atoms with E-state index < -0.39 is 0 Å². The van der Waals surface area contributed by atoms with Crippen LogP contribution >= 0.6 is 0 Å². The van der Waals surface area contributed by atoms with Gasteiger partial charge in [-0.15, -0.1) is 0 Å². The van der Waals surface area contributed by atoms with E-state index in [1.807, 2.05) is 20.9 Å². The maximum atomic E-state index is 11.2. The first-order chi connectivity index (χ1) is 9.28. The van der Waals surface area contributed by atoms with Crippen LogP contribution in [0.5, 0.6) is 0 Å². The van der Waals surface area contributed by atoms with Gasteiger partial charge in [0.1, 0.15) is 0 Å². The van der Waals surface area contributed by atoms with Gasteiger partial charge < -0.3 is 25.3 Å². The highest BCUT2D eigenvalue weighted by Crippen LogP contribution is 1.98. The minimum absolute atomic E-state index is 0.0810. The Morgan fingerprint density at radius 1 is 1.05 bits per heavy atom. The Hall–Kier alpha value is -0.690. The molecule has 20 heavy (non-hydrogen) atoms. The van der Waals surface area contributed by atoms with Gasteiger partial charge in [-0.05, 0) is 19.8 Å². The molecule has 0 aliphatic carbocycles. The van der Waals surface area contributed by atoms with Gasteiger partial charge in [-0.1, -0.05) is 20.8 Å². The van der Waals surface area contributed by atoms with Crippen LogP contribution in [-0.4, -0.2) is 70.8 Å². The predicted octanol–water partition coefficient (Wildman–Crippen LogP) is 0.231. The molecule has 4 N–H and O–H groups in total. The SMILES string of the molecule is CC(O)CCO.CCCN(C)C(=O)C(C)C.OCCO. The van der Waals surface area contributed by atoms with Crippen molar-refractivity contribution in [3.05, 3.63) is 0 Å². The molecular weight excluding hydrogens is 262 g/mol.